The molecule has 0 aliphatic rings. The Bertz CT molecular complexity index is 1920. The molecule has 0 radical (unpaired) electrons. The van der Waals surface area contributed by atoms with E-state index in [4.69, 9.17) is 9.47 Å². The van der Waals surface area contributed by atoms with Gasteiger partial charge in [-0.25, -0.2) is 13.6 Å². The average Bonchev–Trinajstić information content (AvgIpc) is 3.59. The lowest BCUT2D eigenvalue weighted by atomic mass is 9.99. The van der Waals surface area contributed by atoms with Crippen molar-refractivity contribution >= 4 is 34.4 Å². The number of imidazole rings is 1. The van der Waals surface area contributed by atoms with Crippen LogP contribution in [0.4, 0.5) is 27.6 Å². The highest BCUT2D eigenvalue weighted by Crippen LogP contribution is 2.41. The summed E-state index contributed by atoms with van der Waals surface area (Å²) >= 11 is 1.29. The maximum atomic E-state index is 15.4. The minimum absolute atomic E-state index is 0.0110. The fourth-order valence-corrected chi connectivity index (χ4v) is 5.03. The minimum atomic E-state index is -4.87. The second-order valence-electron chi connectivity index (χ2n) is 9.42. The van der Waals surface area contributed by atoms with Crippen molar-refractivity contribution in [3.05, 3.63) is 82.3 Å². The van der Waals surface area contributed by atoms with Gasteiger partial charge in [0.1, 0.15) is 25.3 Å². The van der Waals surface area contributed by atoms with Crippen LogP contribution in [0.25, 0.3) is 22.2 Å². The predicted octanol–water partition coefficient (Wildman–Crippen LogP) is 5.37. The lowest BCUT2D eigenvalue weighted by Crippen LogP contribution is -2.28. The molecule has 5 aromatic rings. The molecular weight excluding hydrogens is 611 g/mol. The number of hydrogen-bond acceptors (Lipinski definition) is 7. The predicted molar refractivity (Wildman–Crippen MR) is 152 cm³/mol. The fraction of sp³-hybridized carbons (Fsp3) is 0.214. The lowest BCUT2D eigenvalue weighted by Gasteiger charge is -2.15. The smallest absolute Gasteiger partial charge is 0.416 e. The van der Waals surface area contributed by atoms with Crippen molar-refractivity contribution in [3.8, 4) is 22.6 Å². The first-order valence-corrected chi connectivity index (χ1v) is 13.9. The van der Waals surface area contributed by atoms with Crippen LogP contribution in [-0.4, -0.2) is 43.6 Å². The van der Waals surface area contributed by atoms with Gasteiger partial charge in [-0.05, 0) is 54.3 Å². The number of anilines is 1. The van der Waals surface area contributed by atoms with Gasteiger partial charge >= 0.3 is 11.9 Å². The summed E-state index contributed by atoms with van der Waals surface area (Å²) < 4.78 is 84.7. The molecule has 0 aliphatic carbocycles. The van der Waals surface area contributed by atoms with Crippen molar-refractivity contribution in [2.75, 3.05) is 18.7 Å². The second kappa shape index (κ2) is 12.0. The highest BCUT2D eigenvalue weighted by Gasteiger charge is 2.33. The van der Waals surface area contributed by atoms with Crippen LogP contribution in [0.3, 0.4) is 0 Å². The van der Waals surface area contributed by atoms with E-state index in [-0.39, 0.29) is 51.8 Å². The van der Waals surface area contributed by atoms with E-state index in [0.717, 1.165) is 27.3 Å². The number of carbonyl (C=O) groups excluding carboxylic acids is 1. The van der Waals surface area contributed by atoms with E-state index in [2.05, 4.69) is 20.5 Å². The Labute approximate surface area is 249 Å². The number of rotatable bonds is 9. The fourth-order valence-electron chi connectivity index (χ4n) is 4.61. The molecule has 2 aromatic heterocycles. The number of amides is 1. The molecule has 2 N–H and O–H groups in total. The maximum Gasteiger partial charge on any atom is 0.416 e. The average molecular weight is 635 g/mol. The van der Waals surface area contributed by atoms with Crippen LogP contribution in [0.2, 0.25) is 0 Å². The molecule has 0 atom stereocenters. The van der Waals surface area contributed by atoms with Crippen molar-refractivity contribution in [2.45, 2.75) is 24.2 Å². The molecule has 3 aromatic carbocycles. The SMILES string of the molecule is COc1cc(-c2cc(C(F)(F)F)cc3c2n(C)c(=O)n3CC(=O)Nc2ccc(SC)cc2F)cc(F)c1OCc1nnc[nH]1. The third-order valence-corrected chi connectivity index (χ3v) is 7.40. The number of aromatic nitrogens is 5. The van der Waals surface area contributed by atoms with Gasteiger partial charge in [0, 0.05) is 17.5 Å². The molecule has 1 amide bonds. The van der Waals surface area contributed by atoms with Gasteiger partial charge in [0.15, 0.2) is 23.1 Å². The summed E-state index contributed by atoms with van der Waals surface area (Å²) in [5, 5.41) is 9.69. The normalized spacial score (nSPS) is 11.6. The molecule has 0 saturated heterocycles. The first kappa shape index (κ1) is 30.6. The van der Waals surface area contributed by atoms with Crippen molar-refractivity contribution in [1.29, 1.82) is 0 Å². The molecule has 0 spiro atoms. The van der Waals surface area contributed by atoms with Gasteiger partial charge in [0.05, 0.1) is 29.4 Å². The number of hydrogen-bond donors (Lipinski definition) is 2. The van der Waals surface area contributed by atoms with E-state index >= 15 is 4.39 Å². The van der Waals surface area contributed by atoms with Gasteiger partial charge in [0.2, 0.25) is 5.91 Å². The molecular formula is C28H23F5N6O4S. The van der Waals surface area contributed by atoms with Crippen LogP contribution >= 0.6 is 11.8 Å². The molecule has 44 heavy (non-hydrogen) atoms. The molecule has 0 unspecified atom stereocenters. The van der Waals surface area contributed by atoms with Crippen LogP contribution in [0.15, 0.2) is 58.5 Å². The number of halogens is 5. The standard InChI is InChI=1S/C28H23F5N6O4S/c1-38-25-17(14-6-19(30)26(22(7-14)42-2)43-12-23-34-13-35-37-23)8-15(28(31,32)33)9-21(25)39(27(38)41)11-24(40)36-20-5-4-16(44-3)10-18(20)29/h4-10,13H,11-12H2,1-3H3,(H,36,40)(H,34,35,37). The summed E-state index contributed by atoms with van der Waals surface area (Å²) in [6.45, 7) is -0.932. The Morgan fingerprint density at radius 3 is 2.52 bits per heavy atom. The van der Waals surface area contributed by atoms with Crippen molar-refractivity contribution in [3.63, 3.8) is 0 Å². The van der Waals surface area contributed by atoms with Crippen LogP contribution in [-0.2, 0) is 31.2 Å². The molecule has 230 valence electrons. The Kier molecular flexibility index (Phi) is 8.36. The lowest BCUT2D eigenvalue weighted by molar-refractivity contribution is -0.137. The van der Waals surface area contributed by atoms with Gasteiger partial charge in [-0.2, -0.15) is 13.2 Å². The molecule has 16 heteroatoms. The van der Waals surface area contributed by atoms with Gasteiger partial charge in [-0.15, -0.1) is 22.0 Å². The third kappa shape index (κ3) is 5.97. The van der Waals surface area contributed by atoms with E-state index in [0.29, 0.717) is 4.90 Å². The van der Waals surface area contributed by atoms with E-state index in [1.165, 1.54) is 50.4 Å². The number of carbonyl (C=O) groups is 1. The molecule has 5 rings (SSSR count). The highest BCUT2D eigenvalue weighted by molar-refractivity contribution is 7.98. The van der Waals surface area contributed by atoms with Gasteiger partial charge < -0.3 is 19.8 Å². The molecule has 0 bridgehead atoms. The number of H-pyrrole nitrogens is 1. The van der Waals surface area contributed by atoms with Crippen molar-refractivity contribution < 1.29 is 36.2 Å². The summed E-state index contributed by atoms with van der Waals surface area (Å²) in [7, 11) is 2.53. The minimum Gasteiger partial charge on any atom is -0.493 e. The number of aryl methyl sites for hydroxylation is 1. The van der Waals surface area contributed by atoms with Crippen LogP contribution in [0.5, 0.6) is 11.5 Å². The number of alkyl halides is 3. The number of benzene rings is 3. The molecule has 0 aliphatic heterocycles. The number of nitrogens with zero attached hydrogens (tertiary/aromatic N) is 4. The van der Waals surface area contributed by atoms with Gasteiger partial charge in [-0.1, -0.05) is 0 Å². The van der Waals surface area contributed by atoms with E-state index < -0.39 is 41.5 Å². The topological polar surface area (TPSA) is 116 Å². The Morgan fingerprint density at radius 2 is 1.89 bits per heavy atom. The Morgan fingerprint density at radius 1 is 1.11 bits per heavy atom. The van der Waals surface area contributed by atoms with Crippen LogP contribution < -0.4 is 20.5 Å². The number of ether oxygens (including phenoxy) is 2. The van der Waals surface area contributed by atoms with Crippen molar-refractivity contribution in [2.24, 2.45) is 7.05 Å². The highest BCUT2D eigenvalue weighted by atomic mass is 32.2. The monoisotopic (exact) mass is 634 g/mol. The van der Waals surface area contributed by atoms with Gasteiger partial charge in [0.25, 0.3) is 0 Å². The first-order valence-electron chi connectivity index (χ1n) is 12.7. The molecule has 2 heterocycles. The van der Waals surface area contributed by atoms with Crippen molar-refractivity contribution in [1.82, 2.24) is 24.3 Å². The Balaban J connectivity index is 1.59. The zero-order valence-electron chi connectivity index (χ0n) is 23.3. The van der Waals surface area contributed by atoms with Crippen LogP contribution in [0, 0.1) is 11.6 Å². The zero-order chi connectivity index (χ0) is 31.8. The number of fused-ring (bicyclic) bond motifs is 1. The zero-order valence-corrected chi connectivity index (χ0v) is 24.1. The van der Waals surface area contributed by atoms with Crippen LogP contribution in [0.1, 0.15) is 11.4 Å². The maximum absolute atomic E-state index is 15.4. The van der Waals surface area contributed by atoms with E-state index in [1.807, 2.05) is 0 Å². The quantitative estimate of drug-likeness (QED) is 0.166. The number of thioether (sulfide) groups is 1. The summed E-state index contributed by atoms with van der Waals surface area (Å²) in [5.74, 6) is -2.70. The van der Waals surface area contributed by atoms with E-state index in [1.54, 1.807) is 12.3 Å². The second-order valence-corrected chi connectivity index (χ2v) is 10.3. The third-order valence-electron chi connectivity index (χ3n) is 6.67. The number of methoxy groups -OCH3 is 1. The summed E-state index contributed by atoms with van der Waals surface area (Å²) in [6.07, 6.45) is -1.82. The first-order chi connectivity index (χ1) is 20.9. The Hall–Kier alpha value is -4.86. The van der Waals surface area contributed by atoms with E-state index in [9.17, 15) is 27.2 Å². The molecule has 10 nitrogen and oxygen atoms in total. The summed E-state index contributed by atoms with van der Waals surface area (Å²) in [5.41, 5.74) is -2.62. The number of nitrogens with one attached hydrogen (secondary N) is 2. The molecule has 0 fully saturated rings. The largest absolute Gasteiger partial charge is 0.493 e. The molecule has 0 saturated carbocycles. The summed E-state index contributed by atoms with van der Waals surface area (Å²) in [6, 6.07) is 7.84. The number of aromatic amines is 1. The summed E-state index contributed by atoms with van der Waals surface area (Å²) in [4.78, 5) is 29.4. The van der Waals surface area contributed by atoms with Gasteiger partial charge in [-0.3, -0.25) is 13.9 Å².